The van der Waals surface area contributed by atoms with E-state index in [0.717, 1.165) is 16.0 Å². The summed E-state index contributed by atoms with van der Waals surface area (Å²) < 4.78 is 36.3. The first-order valence-electron chi connectivity index (χ1n) is 10.5. The number of anilines is 1. The van der Waals surface area contributed by atoms with Crippen LogP contribution in [0.1, 0.15) is 24.2 Å². The Bertz CT molecular complexity index is 1520. The standard InChI is InChI=1S/C24H22ClN3O4S2/c1-3-28-21-13-10-19(32-4-2)15-22(21)33-24(28)26-23(29)16-6-5-7-18(14-16)27-34(30,31)20-11-8-17(25)9-12-20/h5-15,27H,3-4H2,1-2H3. The van der Waals surface area contributed by atoms with Gasteiger partial charge in [0.15, 0.2) is 4.80 Å². The molecule has 1 aromatic heterocycles. The van der Waals surface area contributed by atoms with Crippen LogP contribution in [0.25, 0.3) is 10.2 Å². The van der Waals surface area contributed by atoms with E-state index in [1.807, 2.05) is 36.6 Å². The number of carbonyl (C=O) groups is 1. The van der Waals surface area contributed by atoms with Gasteiger partial charge in [0.2, 0.25) is 0 Å². The van der Waals surface area contributed by atoms with Crippen LogP contribution in [-0.2, 0) is 16.6 Å². The normalized spacial score (nSPS) is 12.1. The lowest BCUT2D eigenvalue weighted by Crippen LogP contribution is -2.16. The highest BCUT2D eigenvalue weighted by Crippen LogP contribution is 2.24. The summed E-state index contributed by atoms with van der Waals surface area (Å²) in [6, 6.07) is 17.9. The number of nitrogens with one attached hydrogen (secondary N) is 1. The molecule has 0 saturated heterocycles. The minimum atomic E-state index is -3.83. The van der Waals surface area contributed by atoms with Gasteiger partial charge >= 0.3 is 0 Å². The molecule has 1 amide bonds. The molecule has 1 N–H and O–H groups in total. The zero-order valence-electron chi connectivity index (χ0n) is 18.5. The lowest BCUT2D eigenvalue weighted by molar-refractivity contribution is 0.0998. The van der Waals surface area contributed by atoms with Crippen LogP contribution in [0.15, 0.2) is 76.6 Å². The summed E-state index contributed by atoms with van der Waals surface area (Å²) in [6.07, 6.45) is 0. The van der Waals surface area contributed by atoms with E-state index >= 15 is 0 Å². The molecule has 0 saturated carbocycles. The molecule has 34 heavy (non-hydrogen) atoms. The van der Waals surface area contributed by atoms with E-state index in [0.29, 0.717) is 23.0 Å². The first-order chi connectivity index (χ1) is 16.3. The number of fused-ring (bicyclic) bond motifs is 1. The molecule has 10 heteroatoms. The molecule has 0 fully saturated rings. The summed E-state index contributed by atoms with van der Waals surface area (Å²) in [7, 11) is -3.83. The molecule has 0 spiro atoms. The highest BCUT2D eigenvalue weighted by molar-refractivity contribution is 7.92. The second-order valence-corrected chi connectivity index (χ2v) is 10.4. The van der Waals surface area contributed by atoms with Crippen LogP contribution >= 0.6 is 22.9 Å². The van der Waals surface area contributed by atoms with Crippen molar-refractivity contribution in [2.45, 2.75) is 25.3 Å². The molecule has 0 aliphatic heterocycles. The van der Waals surface area contributed by atoms with E-state index in [1.165, 1.54) is 41.7 Å². The smallest absolute Gasteiger partial charge is 0.279 e. The number of aryl methyl sites for hydroxylation is 1. The van der Waals surface area contributed by atoms with E-state index < -0.39 is 15.9 Å². The average Bonchev–Trinajstić information content (AvgIpc) is 3.15. The SMILES string of the molecule is CCOc1ccc2c(c1)sc(=NC(=O)c1cccc(NS(=O)(=O)c3ccc(Cl)cc3)c1)n2CC. The molecule has 0 bridgehead atoms. The monoisotopic (exact) mass is 515 g/mol. The van der Waals surface area contributed by atoms with Crippen molar-refractivity contribution < 1.29 is 17.9 Å². The van der Waals surface area contributed by atoms with Gasteiger partial charge in [-0.2, -0.15) is 4.99 Å². The minimum Gasteiger partial charge on any atom is -0.494 e. The van der Waals surface area contributed by atoms with Crippen molar-refractivity contribution in [2.24, 2.45) is 4.99 Å². The van der Waals surface area contributed by atoms with Gasteiger partial charge in [-0.3, -0.25) is 9.52 Å². The predicted octanol–water partition coefficient (Wildman–Crippen LogP) is 5.32. The third-order valence-electron chi connectivity index (χ3n) is 4.96. The van der Waals surface area contributed by atoms with Gasteiger partial charge in [0.05, 0.1) is 21.7 Å². The molecular formula is C24H22ClN3O4S2. The zero-order valence-corrected chi connectivity index (χ0v) is 20.9. The lowest BCUT2D eigenvalue weighted by atomic mass is 10.2. The fourth-order valence-electron chi connectivity index (χ4n) is 3.40. The van der Waals surface area contributed by atoms with Crippen molar-refractivity contribution in [3.63, 3.8) is 0 Å². The number of nitrogens with zero attached hydrogens (tertiary/aromatic N) is 2. The summed E-state index contributed by atoms with van der Waals surface area (Å²) >= 11 is 7.24. The molecule has 0 aliphatic carbocycles. The summed E-state index contributed by atoms with van der Waals surface area (Å²) in [4.78, 5) is 17.9. The van der Waals surface area contributed by atoms with Gasteiger partial charge in [0.1, 0.15) is 5.75 Å². The lowest BCUT2D eigenvalue weighted by Gasteiger charge is -2.09. The van der Waals surface area contributed by atoms with Crippen LogP contribution in [0.4, 0.5) is 5.69 Å². The van der Waals surface area contributed by atoms with Crippen LogP contribution in [0, 0.1) is 0 Å². The van der Waals surface area contributed by atoms with Crippen molar-refractivity contribution in [2.75, 3.05) is 11.3 Å². The van der Waals surface area contributed by atoms with Crippen molar-refractivity contribution >= 4 is 54.8 Å². The van der Waals surface area contributed by atoms with E-state index in [2.05, 4.69) is 9.71 Å². The zero-order chi connectivity index (χ0) is 24.3. The number of carbonyl (C=O) groups excluding carboxylic acids is 1. The molecule has 0 radical (unpaired) electrons. The highest BCUT2D eigenvalue weighted by Gasteiger charge is 2.15. The third kappa shape index (κ3) is 5.16. The first-order valence-corrected chi connectivity index (χ1v) is 13.2. The number of benzene rings is 3. The molecule has 176 valence electrons. The number of hydrogen-bond donors (Lipinski definition) is 1. The molecule has 4 aromatic rings. The fraction of sp³-hybridized carbons (Fsp3) is 0.167. The van der Waals surface area contributed by atoms with Crippen LogP contribution < -0.4 is 14.3 Å². The predicted molar refractivity (Wildman–Crippen MR) is 135 cm³/mol. The first kappa shape index (κ1) is 24.0. The van der Waals surface area contributed by atoms with Gasteiger partial charge in [-0.1, -0.05) is 29.0 Å². The summed E-state index contributed by atoms with van der Waals surface area (Å²) in [6.45, 7) is 5.12. The highest BCUT2D eigenvalue weighted by atomic mass is 35.5. The molecule has 0 aliphatic rings. The van der Waals surface area contributed by atoms with Crippen molar-refractivity contribution in [1.82, 2.24) is 4.57 Å². The number of amides is 1. The van der Waals surface area contributed by atoms with Crippen molar-refractivity contribution in [3.05, 3.63) is 82.1 Å². The molecule has 1 heterocycles. The molecule has 3 aromatic carbocycles. The van der Waals surface area contributed by atoms with E-state index in [4.69, 9.17) is 16.3 Å². The number of thiazole rings is 1. The Morgan fingerprint density at radius 2 is 1.85 bits per heavy atom. The topological polar surface area (TPSA) is 89.8 Å². The Morgan fingerprint density at radius 1 is 1.09 bits per heavy atom. The van der Waals surface area contributed by atoms with Gasteiger partial charge in [-0.05, 0) is 74.5 Å². The average molecular weight is 516 g/mol. The maximum Gasteiger partial charge on any atom is 0.279 e. The van der Waals surface area contributed by atoms with E-state index in [-0.39, 0.29) is 16.1 Å². The Balaban J connectivity index is 1.65. The van der Waals surface area contributed by atoms with Crippen LogP contribution in [-0.4, -0.2) is 25.5 Å². The summed E-state index contributed by atoms with van der Waals surface area (Å²) in [5.41, 5.74) is 1.50. The van der Waals surface area contributed by atoms with Crippen LogP contribution in [0.3, 0.4) is 0 Å². The van der Waals surface area contributed by atoms with Gasteiger partial charge in [-0.15, -0.1) is 0 Å². The number of rotatable bonds is 7. The molecule has 4 rings (SSSR count). The molecule has 7 nitrogen and oxygen atoms in total. The van der Waals surface area contributed by atoms with Crippen LogP contribution in [0.5, 0.6) is 5.75 Å². The number of sulfonamides is 1. The number of hydrogen-bond acceptors (Lipinski definition) is 5. The molecule has 0 unspecified atom stereocenters. The van der Waals surface area contributed by atoms with E-state index in [1.54, 1.807) is 18.2 Å². The summed E-state index contributed by atoms with van der Waals surface area (Å²) in [5, 5.41) is 0.438. The molecular weight excluding hydrogens is 494 g/mol. The van der Waals surface area contributed by atoms with E-state index in [9.17, 15) is 13.2 Å². The molecule has 0 atom stereocenters. The fourth-order valence-corrected chi connectivity index (χ4v) is 5.69. The maximum atomic E-state index is 13.0. The van der Waals surface area contributed by atoms with Gasteiger partial charge in [0.25, 0.3) is 15.9 Å². The van der Waals surface area contributed by atoms with Crippen molar-refractivity contribution in [3.8, 4) is 5.75 Å². The van der Waals surface area contributed by atoms with Gasteiger partial charge in [-0.25, -0.2) is 8.42 Å². The third-order valence-corrected chi connectivity index (χ3v) is 7.65. The number of ether oxygens (including phenoxy) is 1. The Labute approximate surface area is 206 Å². The Kier molecular flexibility index (Phi) is 7.06. The van der Waals surface area contributed by atoms with Crippen molar-refractivity contribution in [1.29, 1.82) is 0 Å². The van der Waals surface area contributed by atoms with Gasteiger partial charge in [0, 0.05) is 22.8 Å². The minimum absolute atomic E-state index is 0.0685. The Morgan fingerprint density at radius 3 is 2.56 bits per heavy atom. The maximum absolute atomic E-state index is 13.0. The number of aromatic nitrogens is 1. The largest absolute Gasteiger partial charge is 0.494 e. The van der Waals surface area contributed by atoms with Crippen LogP contribution in [0.2, 0.25) is 5.02 Å². The number of halogens is 1. The second-order valence-electron chi connectivity index (χ2n) is 7.25. The second kappa shape index (κ2) is 10.0. The Hall–Kier alpha value is -3.14. The summed E-state index contributed by atoms with van der Waals surface area (Å²) in [5.74, 6) is 0.296. The van der Waals surface area contributed by atoms with Gasteiger partial charge < -0.3 is 9.30 Å². The quantitative estimate of drug-likeness (QED) is 0.361.